The van der Waals surface area contributed by atoms with Crippen LogP contribution in [0.1, 0.15) is 34.3 Å². The van der Waals surface area contributed by atoms with Gasteiger partial charge in [0.15, 0.2) is 0 Å². The lowest BCUT2D eigenvalue weighted by molar-refractivity contribution is 0.0413. The second kappa shape index (κ2) is 5.25. The van der Waals surface area contributed by atoms with Gasteiger partial charge in [-0.05, 0) is 43.1 Å². The largest absolute Gasteiger partial charge is 0.324 e. The van der Waals surface area contributed by atoms with Gasteiger partial charge in [0.05, 0.1) is 5.54 Å². The topological polar surface area (TPSA) is 32.3 Å². The Balaban J connectivity index is 1.78. The molecule has 22 heavy (non-hydrogen) atoms. The van der Waals surface area contributed by atoms with Gasteiger partial charge in [0.1, 0.15) is 0 Å². The number of rotatable bonds is 2. The molecule has 4 rings (SSSR count). The molecule has 1 amide bonds. The Morgan fingerprint density at radius 3 is 2.41 bits per heavy atom. The van der Waals surface area contributed by atoms with Crippen molar-refractivity contribution < 1.29 is 4.79 Å². The lowest BCUT2D eigenvalue weighted by atomic mass is 9.81. The van der Waals surface area contributed by atoms with Crippen LogP contribution in [0.2, 0.25) is 0 Å². The van der Waals surface area contributed by atoms with Crippen LogP contribution in [0.4, 0.5) is 0 Å². The van der Waals surface area contributed by atoms with Crippen molar-refractivity contribution in [1.29, 1.82) is 0 Å². The maximum absolute atomic E-state index is 13.0. The number of hydrogen-bond acceptors (Lipinski definition) is 2. The molecular formula is C19H20N2O. The third-order valence-electron chi connectivity index (χ3n) is 5.03. The van der Waals surface area contributed by atoms with E-state index in [1.54, 1.807) is 0 Å². The van der Waals surface area contributed by atoms with Gasteiger partial charge in [-0.25, -0.2) is 0 Å². The smallest absolute Gasteiger partial charge is 0.255 e. The summed E-state index contributed by atoms with van der Waals surface area (Å²) in [6, 6.07) is 18.5. The predicted octanol–water partition coefficient (Wildman–Crippen LogP) is 2.92. The maximum atomic E-state index is 13.0. The molecule has 3 nitrogen and oxygen atoms in total. The summed E-state index contributed by atoms with van der Waals surface area (Å²) in [7, 11) is 0. The molecule has 3 heteroatoms. The Kier molecular flexibility index (Phi) is 3.23. The van der Waals surface area contributed by atoms with Gasteiger partial charge in [-0.15, -0.1) is 0 Å². The molecule has 1 fully saturated rings. The number of nitrogens with one attached hydrogen (secondary N) is 1. The van der Waals surface area contributed by atoms with Crippen LogP contribution in [0.5, 0.6) is 0 Å². The van der Waals surface area contributed by atoms with Gasteiger partial charge in [0.25, 0.3) is 5.91 Å². The van der Waals surface area contributed by atoms with Crippen LogP contribution in [-0.2, 0) is 12.1 Å². The maximum Gasteiger partial charge on any atom is 0.255 e. The van der Waals surface area contributed by atoms with Gasteiger partial charge in [-0.3, -0.25) is 4.79 Å². The summed E-state index contributed by atoms with van der Waals surface area (Å²) in [5.74, 6) is 0.182. The second-order valence-electron chi connectivity index (χ2n) is 6.20. The average molecular weight is 292 g/mol. The van der Waals surface area contributed by atoms with Gasteiger partial charge in [0.2, 0.25) is 0 Å². The SMILES string of the molecule is O=C1c2ccccc2C2(CCNCC2)N1Cc1ccccc1. The van der Waals surface area contributed by atoms with Crippen LogP contribution in [0.3, 0.4) is 0 Å². The van der Waals surface area contributed by atoms with Crippen molar-refractivity contribution in [2.45, 2.75) is 24.9 Å². The number of carbonyl (C=O) groups excluding carboxylic acids is 1. The third kappa shape index (κ3) is 1.97. The highest BCUT2D eigenvalue weighted by molar-refractivity contribution is 6.00. The zero-order valence-electron chi connectivity index (χ0n) is 12.6. The van der Waals surface area contributed by atoms with E-state index < -0.39 is 0 Å². The Morgan fingerprint density at radius 2 is 1.64 bits per heavy atom. The molecule has 0 aliphatic carbocycles. The molecule has 0 atom stereocenters. The molecule has 1 saturated heterocycles. The number of amides is 1. The number of nitrogens with zero attached hydrogens (tertiary/aromatic N) is 1. The van der Waals surface area contributed by atoms with Crippen molar-refractivity contribution in [2.24, 2.45) is 0 Å². The molecule has 0 aromatic heterocycles. The molecule has 0 saturated carbocycles. The summed E-state index contributed by atoms with van der Waals surface area (Å²) < 4.78 is 0. The van der Waals surface area contributed by atoms with E-state index in [2.05, 4.69) is 34.5 Å². The first-order chi connectivity index (χ1) is 10.8. The first kappa shape index (κ1) is 13.5. The Morgan fingerprint density at radius 1 is 0.955 bits per heavy atom. The van der Waals surface area contributed by atoms with E-state index in [9.17, 15) is 4.79 Å². The molecule has 2 aliphatic heterocycles. The van der Waals surface area contributed by atoms with Crippen molar-refractivity contribution in [3.8, 4) is 0 Å². The average Bonchev–Trinajstić information content (AvgIpc) is 2.80. The molecule has 2 aliphatic rings. The van der Waals surface area contributed by atoms with Crippen molar-refractivity contribution in [3.05, 3.63) is 71.3 Å². The minimum atomic E-state index is -0.130. The van der Waals surface area contributed by atoms with Gasteiger partial charge in [-0.1, -0.05) is 48.5 Å². The molecule has 2 aromatic carbocycles. The fraction of sp³-hybridized carbons (Fsp3) is 0.316. The van der Waals surface area contributed by atoms with Gasteiger partial charge < -0.3 is 10.2 Å². The van der Waals surface area contributed by atoms with E-state index in [0.29, 0.717) is 6.54 Å². The van der Waals surface area contributed by atoms with E-state index in [1.165, 1.54) is 11.1 Å². The van der Waals surface area contributed by atoms with Gasteiger partial charge in [-0.2, -0.15) is 0 Å². The molecule has 1 spiro atoms. The van der Waals surface area contributed by atoms with Crippen molar-refractivity contribution in [1.82, 2.24) is 10.2 Å². The molecule has 0 bridgehead atoms. The summed E-state index contributed by atoms with van der Waals surface area (Å²) in [6.07, 6.45) is 1.98. The summed E-state index contributed by atoms with van der Waals surface area (Å²) in [5.41, 5.74) is 3.17. The number of benzene rings is 2. The molecule has 2 heterocycles. The Hall–Kier alpha value is -2.13. The van der Waals surface area contributed by atoms with Crippen LogP contribution < -0.4 is 5.32 Å². The van der Waals surface area contributed by atoms with Crippen LogP contribution >= 0.6 is 0 Å². The summed E-state index contributed by atoms with van der Waals surface area (Å²) in [5, 5.41) is 3.43. The summed E-state index contributed by atoms with van der Waals surface area (Å²) in [4.78, 5) is 15.1. The second-order valence-corrected chi connectivity index (χ2v) is 6.20. The molecular weight excluding hydrogens is 272 g/mol. The Bertz CT molecular complexity index is 690. The zero-order valence-corrected chi connectivity index (χ0v) is 12.6. The third-order valence-corrected chi connectivity index (χ3v) is 5.03. The predicted molar refractivity (Wildman–Crippen MR) is 86.5 cm³/mol. The van der Waals surface area contributed by atoms with E-state index in [-0.39, 0.29) is 11.4 Å². The first-order valence-electron chi connectivity index (χ1n) is 7.97. The lowest BCUT2D eigenvalue weighted by Gasteiger charge is -2.42. The molecule has 112 valence electrons. The van der Waals surface area contributed by atoms with E-state index in [1.807, 2.05) is 30.3 Å². The van der Waals surface area contributed by atoms with E-state index >= 15 is 0 Å². The van der Waals surface area contributed by atoms with E-state index in [4.69, 9.17) is 0 Å². The molecule has 0 radical (unpaired) electrons. The van der Waals surface area contributed by atoms with Crippen LogP contribution in [-0.4, -0.2) is 23.9 Å². The van der Waals surface area contributed by atoms with Crippen molar-refractivity contribution in [2.75, 3.05) is 13.1 Å². The number of carbonyl (C=O) groups is 1. The molecule has 2 aromatic rings. The molecule has 1 N–H and O–H groups in total. The van der Waals surface area contributed by atoms with Crippen LogP contribution in [0.15, 0.2) is 54.6 Å². The fourth-order valence-corrected chi connectivity index (χ4v) is 3.93. The lowest BCUT2D eigenvalue weighted by Crippen LogP contribution is -2.49. The molecule has 0 unspecified atom stereocenters. The highest BCUT2D eigenvalue weighted by Gasteiger charge is 2.49. The quantitative estimate of drug-likeness (QED) is 0.923. The van der Waals surface area contributed by atoms with Crippen molar-refractivity contribution >= 4 is 5.91 Å². The zero-order chi connectivity index (χ0) is 15.0. The Labute approximate surface area is 131 Å². The highest BCUT2D eigenvalue weighted by atomic mass is 16.2. The minimum Gasteiger partial charge on any atom is -0.324 e. The minimum absolute atomic E-state index is 0.130. The monoisotopic (exact) mass is 292 g/mol. The fourth-order valence-electron chi connectivity index (χ4n) is 3.93. The van der Waals surface area contributed by atoms with Gasteiger partial charge >= 0.3 is 0 Å². The highest BCUT2D eigenvalue weighted by Crippen LogP contribution is 2.45. The number of piperidine rings is 1. The van der Waals surface area contributed by atoms with E-state index in [0.717, 1.165) is 31.5 Å². The van der Waals surface area contributed by atoms with Crippen LogP contribution in [0.25, 0.3) is 0 Å². The van der Waals surface area contributed by atoms with Crippen molar-refractivity contribution in [3.63, 3.8) is 0 Å². The van der Waals surface area contributed by atoms with Crippen LogP contribution in [0, 0.1) is 0 Å². The summed E-state index contributed by atoms with van der Waals surface area (Å²) in [6.45, 7) is 2.62. The van der Waals surface area contributed by atoms with Gasteiger partial charge in [0, 0.05) is 12.1 Å². The summed E-state index contributed by atoms with van der Waals surface area (Å²) >= 11 is 0. The number of hydrogen-bond donors (Lipinski definition) is 1. The number of fused-ring (bicyclic) bond motifs is 2. The standard InChI is InChI=1S/C19H20N2O/c22-18-16-8-4-5-9-17(16)19(10-12-20-13-11-19)21(18)14-15-6-2-1-3-7-15/h1-9,20H,10-14H2. The normalized spacial score (nSPS) is 19.5. The first-order valence-corrected chi connectivity index (χ1v) is 7.97.